The largest absolute Gasteiger partial charge is 0.541 e. The normalized spacial score (nSPS) is 12.4. The van der Waals surface area contributed by atoms with Crippen molar-refractivity contribution in [1.29, 1.82) is 0 Å². The zero-order chi connectivity index (χ0) is 10.4. The first-order chi connectivity index (χ1) is 6.68. The molecule has 1 aromatic rings. The minimum Gasteiger partial charge on any atom is -0.140 e. The molecule has 0 aliphatic rings. The monoisotopic (exact) mass is 209 g/mol. The van der Waals surface area contributed by atoms with Crippen molar-refractivity contribution < 1.29 is 9.09 Å². The predicted octanol–water partition coefficient (Wildman–Crippen LogP) is 3.82. The van der Waals surface area contributed by atoms with Gasteiger partial charge in [-0.15, -0.1) is 4.52 Å². The summed E-state index contributed by atoms with van der Waals surface area (Å²) in [5.74, 6) is 1.59. The summed E-state index contributed by atoms with van der Waals surface area (Å²) >= 11 is 0. The molecule has 0 aliphatic carbocycles. The Hall–Kier alpha value is -0.980. The molecule has 14 heavy (non-hydrogen) atoms. The lowest BCUT2D eigenvalue weighted by atomic mass is 10.2. The van der Waals surface area contributed by atoms with Gasteiger partial charge in [-0.1, -0.05) is 30.3 Å². The third-order valence-corrected chi connectivity index (χ3v) is 2.52. The van der Waals surface area contributed by atoms with Gasteiger partial charge in [0.05, 0.1) is 0 Å². The lowest BCUT2D eigenvalue weighted by Gasteiger charge is -1.90. The average molecular weight is 209 g/mol. The molecule has 0 saturated carbocycles. The molecular weight excluding hydrogens is 195 g/mol. The zero-order valence-corrected chi connectivity index (χ0v) is 9.28. The van der Waals surface area contributed by atoms with Gasteiger partial charge in [-0.05, 0) is 30.1 Å². The molecule has 74 valence electrons. The number of rotatable bonds is 4. The van der Waals surface area contributed by atoms with Crippen molar-refractivity contribution >= 4 is 14.1 Å². The lowest BCUT2D eigenvalue weighted by Crippen LogP contribution is -1.92. The van der Waals surface area contributed by atoms with E-state index in [-0.39, 0.29) is 6.10 Å². The first-order valence-electron chi connectivity index (χ1n) is 4.55. The quantitative estimate of drug-likeness (QED) is 0.704. The van der Waals surface area contributed by atoms with Crippen LogP contribution in [0.3, 0.4) is 0 Å². The summed E-state index contributed by atoms with van der Waals surface area (Å²) in [4.78, 5) is 0. The highest BCUT2D eigenvalue weighted by atomic mass is 31.1. The lowest BCUT2D eigenvalue weighted by molar-refractivity contribution is 0.260. The van der Waals surface area contributed by atoms with Gasteiger partial charge in [-0.25, -0.2) is 0 Å². The van der Waals surface area contributed by atoms with Crippen LogP contribution in [0.25, 0.3) is 6.08 Å². The molecule has 0 aliphatic heterocycles. The third kappa shape index (κ3) is 4.31. The number of hydrogen-bond acceptors (Lipinski definition) is 2. The molecule has 0 saturated heterocycles. The molecule has 3 heteroatoms. The highest BCUT2D eigenvalue weighted by Crippen LogP contribution is 2.26. The van der Waals surface area contributed by atoms with E-state index in [2.05, 4.69) is 0 Å². The first-order valence-corrected chi connectivity index (χ1v) is 5.79. The van der Waals surface area contributed by atoms with E-state index in [1.165, 1.54) is 0 Å². The molecule has 1 unspecified atom stereocenters. The molecule has 0 amide bonds. The Kier molecular flexibility index (Phi) is 4.51. The summed E-state index contributed by atoms with van der Waals surface area (Å²) in [6.45, 7) is 3.73. The van der Waals surface area contributed by atoms with Crippen LogP contribution in [0.2, 0.25) is 0 Å². The first kappa shape index (κ1) is 11.1. The van der Waals surface area contributed by atoms with Gasteiger partial charge >= 0.3 is 8.03 Å². The Morgan fingerprint density at radius 2 is 1.93 bits per heavy atom. The second-order valence-electron chi connectivity index (χ2n) is 3.17. The van der Waals surface area contributed by atoms with Crippen molar-refractivity contribution in [2.45, 2.75) is 20.0 Å². The van der Waals surface area contributed by atoms with Gasteiger partial charge in [-0.2, -0.15) is 0 Å². The zero-order valence-electron chi connectivity index (χ0n) is 8.38. The van der Waals surface area contributed by atoms with Crippen LogP contribution in [0.4, 0.5) is 0 Å². The molecule has 0 heterocycles. The number of benzene rings is 1. The molecule has 0 bridgehead atoms. The maximum absolute atomic E-state index is 11.3. The van der Waals surface area contributed by atoms with Crippen molar-refractivity contribution in [1.82, 2.24) is 0 Å². The Morgan fingerprint density at radius 1 is 1.29 bits per heavy atom. The van der Waals surface area contributed by atoms with Crippen molar-refractivity contribution in [3.05, 3.63) is 41.7 Å². The molecule has 0 aromatic heterocycles. The van der Waals surface area contributed by atoms with Gasteiger partial charge in [0, 0.05) is 0 Å². The van der Waals surface area contributed by atoms with Crippen LogP contribution in [-0.2, 0) is 9.09 Å². The molecular formula is C11H14O2P+. The van der Waals surface area contributed by atoms with Crippen LogP contribution in [0, 0.1) is 0 Å². The maximum Gasteiger partial charge on any atom is 0.541 e. The van der Waals surface area contributed by atoms with E-state index in [0.29, 0.717) is 0 Å². The molecule has 0 spiro atoms. The molecule has 0 fully saturated rings. The minimum atomic E-state index is -1.67. The summed E-state index contributed by atoms with van der Waals surface area (Å²) in [5, 5.41) is 0. The predicted molar refractivity (Wildman–Crippen MR) is 59.3 cm³/mol. The Morgan fingerprint density at radius 3 is 2.50 bits per heavy atom. The molecule has 1 aromatic carbocycles. The van der Waals surface area contributed by atoms with Crippen molar-refractivity contribution in [2.75, 3.05) is 0 Å². The standard InChI is InChI=1S/C11H14O2P/c1-10(2)13-14(12)9-8-11-6-4-3-5-7-11/h3-10H,1-2H3/q+1/b9-8+. The molecule has 1 atom stereocenters. The fourth-order valence-electron chi connectivity index (χ4n) is 0.954. The third-order valence-electron chi connectivity index (χ3n) is 1.50. The fraction of sp³-hybridized carbons (Fsp3) is 0.273. The van der Waals surface area contributed by atoms with Crippen molar-refractivity contribution in [3.63, 3.8) is 0 Å². The maximum atomic E-state index is 11.3. The van der Waals surface area contributed by atoms with Crippen LogP contribution in [-0.4, -0.2) is 6.10 Å². The van der Waals surface area contributed by atoms with E-state index in [1.807, 2.05) is 44.2 Å². The second kappa shape index (κ2) is 5.69. The highest BCUT2D eigenvalue weighted by molar-refractivity contribution is 7.43. The Bertz CT molecular complexity index is 317. The van der Waals surface area contributed by atoms with E-state index < -0.39 is 8.03 Å². The van der Waals surface area contributed by atoms with Crippen molar-refractivity contribution in [2.24, 2.45) is 0 Å². The molecule has 2 nitrogen and oxygen atoms in total. The van der Waals surface area contributed by atoms with E-state index >= 15 is 0 Å². The summed E-state index contributed by atoms with van der Waals surface area (Å²) < 4.78 is 16.4. The van der Waals surface area contributed by atoms with Crippen LogP contribution in [0.5, 0.6) is 0 Å². The van der Waals surface area contributed by atoms with E-state index in [1.54, 1.807) is 11.9 Å². The molecule has 0 radical (unpaired) electrons. The van der Waals surface area contributed by atoms with E-state index in [0.717, 1.165) is 5.56 Å². The average Bonchev–Trinajstić information content (AvgIpc) is 2.15. The van der Waals surface area contributed by atoms with E-state index in [9.17, 15) is 4.57 Å². The van der Waals surface area contributed by atoms with Gasteiger partial charge in [0.1, 0.15) is 6.10 Å². The van der Waals surface area contributed by atoms with Crippen LogP contribution >= 0.6 is 8.03 Å². The molecule has 1 rings (SSSR count). The van der Waals surface area contributed by atoms with E-state index in [4.69, 9.17) is 4.52 Å². The minimum absolute atomic E-state index is 0.000894. The summed E-state index contributed by atoms with van der Waals surface area (Å²) in [5.41, 5.74) is 1.03. The fourth-order valence-corrected chi connectivity index (χ4v) is 1.73. The van der Waals surface area contributed by atoms with Crippen LogP contribution in [0.1, 0.15) is 19.4 Å². The highest BCUT2D eigenvalue weighted by Gasteiger charge is 2.14. The van der Waals surface area contributed by atoms with Gasteiger partial charge in [-0.3, -0.25) is 0 Å². The summed E-state index contributed by atoms with van der Waals surface area (Å²) in [7, 11) is -1.67. The Balaban J connectivity index is 2.52. The second-order valence-corrected chi connectivity index (χ2v) is 4.25. The van der Waals surface area contributed by atoms with Crippen LogP contribution in [0.15, 0.2) is 36.1 Å². The number of hydrogen-bond donors (Lipinski definition) is 0. The van der Waals surface area contributed by atoms with Gasteiger partial charge < -0.3 is 0 Å². The smallest absolute Gasteiger partial charge is 0.140 e. The van der Waals surface area contributed by atoms with Gasteiger partial charge in [0.2, 0.25) is 0 Å². The van der Waals surface area contributed by atoms with Crippen molar-refractivity contribution in [3.8, 4) is 0 Å². The summed E-state index contributed by atoms with van der Waals surface area (Å²) in [6, 6.07) is 9.73. The Labute approximate surface area is 85.5 Å². The molecule has 0 N–H and O–H groups in total. The van der Waals surface area contributed by atoms with Gasteiger partial charge in [0.15, 0.2) is 5.82 Å². The summed E-state index contributed by atoms with van der Waals surface area (Å²) in [6.07, 6.45) is 1.81. The van der Waals surface area contributed by atoms with Gasteiger partial charge in [0.25, 0.3) is 0 Å². The SMILES string of the molecule is CC(C)O[P+](=O)/C=C/c1ccccc1. The topological polar surface area (TPSA) is 26.3 Å². The van der Waals surface area contributed by atoms with Crippen LogP contribution < -0.4 is 0 Å².